The highest BCUT2D eigenvalue weighted by atomic mass is 32.1. The van der Waals surface area contributed by atoms with Gasteiger partial charge in [0, 0.05) is 20.5 Å². The average Bonchev–Trinajstić information content (AvgIpc) is 4.10. The van der Waals surface area contributed by atoms with E-state index in [9.17, 15) is 0 Å². The molecule has 0 nitrogen and oxygen atoms in total. The number of hydrogen-bond donors (Lipinski definition) is 0. The lowest BCUT2D eigenvalue weighted by Crippen LogP contribution is -1.93. The van der Waals surface area contributed by atoms with Crippen molar-refractivity contribution in [3.8, 4) is 22.3 Å². The smallest absolute Gasteiger partial charge is 0.0361 e. The molecule has 3 aliphatic rings. The SMILES string of the molecule is CC.CC.CCCC/C=C(\C=C/c1ccc(C2=C\c3sc4ccccc4c3\C=C/C=C/C=C\C(c3cccc4c3Cc3ccccc3-4)=C/2)cc1)c1cccc2c1Cc1ccccc1-2.Cc1ccccc1. The summed E-state index contributed by atoms with van der Waals surface area (Å²) in [4.78, 5) is 1.26. The average molecular weight is 927 g/mol. The van der Waals surface area contributed by atoms with Crippen LogP contribution in [0, 0.1) is 6.92 Å². The van der Waals surface area contributed by atoms with Crippen molar-refractivity contribution in [2.24, 2.45) is 0 Å². The van der Waals surface area contributed by atoms with Gasteiger partial charge in [0.2, 0.25) is 0 Å². The molecule has 11 rings (SSSR count). The molecule has 0 N–H and O–H groups in total. The molecule has 7 aromatic carbocycles. The first-order chi connectivity index (χ1) is 34.6. The molecule has 0 saturated carbocycles. The van der Waals surface area contributed by atoms with E-state index in [1.54, 1.807) is 0 Å². The summed E-state index contributed by atoms with van der Waals surface area (Å²) in [6, 6.07) is 59.6. The summed E-state index contributed by atoms with van der Waals surface area (Å²) in [6.07, 6.45) is 30.5. The lowest BCUT2D eigenvalue weighted by Gasteiger charge is -2.13. The first-order valence-electron chi connectivity index (χ1n) is 25.5. The van der Waals surface area contributed by atoms with E-state index in [-0.39, 0.29) is 0 Å². The Morgan fingerprint density at radius 2 is 1.13 bits per heavy atom. The molecule has 3 aliphatic carbocycles. The van der Waals surface area contributed by atoms with Crippen LogP contribution < -0.4 is 0 Å². The second kappa shape index (κ2) is 24.3. The van der Waals surface area contributed by atoms with Crippen LogP contribution in [0.2, 0.25) is 0 Å². The van der Waals surface area contributed by atoms with Gasteiger partial charge in [-0.2, -0.15) is 0 Å². The minimum absolute atomic E-state index is 0.944. The molecule has 0 fully saturated rings. The second-order valence-corrected chi connectivity index (χ2v) is 18.5. The number of fused-ring (bicyclic) bond motifs is 9. The van der Waals surface area contributed by atoms with Gasteiger partial charge in [0.1, 0.15) is 0 Å². The molecule has 0 radical (unpaired) electrons. The summed E-state index contributed by atoms with van der Waals surface area (Å²) in [5.41, 5.74) is 22.5. The molecule has 1 heteroatoms. The zero-order valence-electron chi connectivity index (χ0n) is 41.9. The molecule has 0 spiro atoms. The van der Waals surface area contributed by atoms with Crippen molar-refractivity contribution in [1.82, 2.24) is 0 Å². The maximum absolute atomic E-state index is 2.45. The van der Waals surface area contributed by atoms with Crippen LogP contribution in [0.5, 0.6) is 0 Å². The van der Waals surface area contributed by atoms with Crippen LogP contribution in [0.15, 0.2) is 212 Å². The van der Waals surface area contributed by atoms with E-state index in [4.69, 9.17) is 0 Å². The van der Waals surface area contributed by atoms with E-state index in [0.717, 1.165) is 19.3 Å². The number of unbranched alkanes of at least 4 members (excludes halogenated alkanes) is 2. The highest BCUT2D eigenvalue weighted by Gasteiger charge is 2.23. The molecule has 0 saturated heterocycles. The highest BCUT2D eigenvalue weighted by molar-refractivity contribution is 7.20. The first kappa shape index (κ1) is 49.1. The van der Waals surface area contributed by atoms with Crippen LogP contribution in [0.4, 0.5) is 0 Å². The molecule has 348 valence electrons. The first-order valence-corrected chi connectivity index (χ1v) is 26.3. The number of rotatable bonds is 8. The monoisotopic (exact) mass is 926 g/mol. The van der Waals surface area contributed by atoms with Gasteiger partial charge in [-0.05, 0) is 128 Å². The molecule has 0 unspecified atom stereocenters. The lowest BCUT2D eigenvalue weighted by atomic mass is 9.91. The maximum atomic E-state index is 2.45. The predicted octanol–water partition coefficient (Wildman–Crippen LogP) is 20.1. The fourth-order valence-electron chi connectivity index (χ4n) is 9.63. The predicted molar refractivity (Wildman–Crippen MR) is 311 cm³/mol. The van der Waals surface area contributed by atoms with Gasteiger partial charge < -0.3 is 0 Å². The Hall–Kier alpha value is -7.32. The molecular weight excluding hydrogens is 861 g/mol. The van der Waals surface area contributed by atoms with Crippen molar-refractivity contribution in [2.75, 3.05) is 0 Å². The zero-order valence-corrected chi connectivity index (χ0v) is 42.7. The molecule has 0 aliphatic heterocycles. The van der Waals surface area contributed by atoms with Gasteiger partial charge >= 0.3 is 0 Å². The second-order valence-electron chi connectivity index (χ2n) is 17.4. The number of benzene rings is 7. The van der Waals surface area contributed by atoms with Crippen LogP contribution in [-0.4, -0.2) is 0 Å². The van der Waals surface area contributed by atoms with Crippen LogP contribution in [0.25, 0.3) is 67.3 Å². The molecule has 8 aromatic rings. The van der Waals surface area contributed by atoms with Crippen molar-refractivity contribution in [3.63, 3.8) is 0 Å². The standard InChI is InChI=1S/C58H46S.C7H8.2C2H6/c1-2-3-6-17-42(47-25-15-27-51-48-21-11-9-19-44(48)37-55(47)51)35-32-40-30-33-41(34-31-40)46-36-43(50-26-16-28-52-49-22-12-10-20-45(49)38-56(50)52)18-7-4-5-8-23-54-53-24-13-14-29-57(53)59-58(54)39-46;1-7-5-3-2-4-6-7;2*1-2/h4-5,7-36,39H,2-3,6,37-38H2,1H3;2-6H,1H3;2*1-2H3/b5-4+,7-4?,8-5?,18-7-,23-8-,35-32-,42-17+,43-18?,43-36+,46-36?,46-39+,54-23?,58-39?;;;. The third-order valence-electron chi connectivity index (χ3n) is 13.0. The summed E-state index contributed by atoms with van der Waals surface area (Å²) < 4.78 is 1.30. The summed E-state index contributed by atoms with van der Waals surface area (Å²) in [5.74, 6) is 0. The van der Waals surface area contributed by atoms with E-state index >= 15 is 0 Å². The van der Waals surface area contributed by atoms with Crippen molar-refractivity contribution in [1.29, 1.82) is 0 Å². The topological polar surface area (TPSA) is 0 Å². The summed E-state index contributed by atoms with van der Waals surface area (Å²) >= 11 is 1.87. The van der Waals surface area contributed by atoms with Crippen molar-refractivity contribution < 1.29 is 0 Å². The van der Waals surface area contributed by atoms with Crippen LogP contribution in [-0.2, 0) is 12.8 Å². The molecule has 70 heavy (non-hydrogen) atoms. The maximum Gasteiger partial charge on any atom is 0.0361 e. The Labute approximate surface area is 422 Å². The minimum atomic E-state index is 0.944. The van der Waals surface area contributed by atoms with E-state index in [1.807, 2.05) is 57.2 Å². The largest absolute Gasteiger partial charge is 0.135 e. The minimum Gasteiger partial charge on any atom is -0.135 e. The molecule has 1 aromatic heterocycles. The fraction of sp³-hybridized carbons (Fsp3) is 0.159. The highest BCUT2D eigenvalue weighted by Crippen LogP contribution is 2.43. The van der Waals surface area contributed by atoms with Gasteiger partial charge in [0.15, 0.2) is 0 Å². The van der Waals surface area contributed by atoms with Gasteiger partial charge in [-0.15, -0.1) is 11.3 Å². The fourth-order valence-corrected chi connectivity index (χ4v) is 10.8. The molecule has 0 bridgehead atoms. The third kappa shape index (κ3) is 11.2. The van der Waals surface area contributed by atoms with Gasteiger partial charge in [-0.3, -0.25) is 0 Å². The van der Waals surface area contributed by atoms with Crippen molar-refractivity contribution in [3.05, 3.63) is 273 Å². The van der Waals surface area contributed by atoms with E-state index in [1.165, 1.54) is 122 Å². The molecule has 0 atom stereocenters. The van der Waals surface area contributed by atoms with Crippen molar-refractivity contribution in [2.45, 2.75) is 73.6 Å². The van der Waals surface area contributed by atoms with Gasteiger partial charge in [-0.25, -0.2) is 0 Å². The molecular formula is C69H66S. The van der Waals surface area contributed by atoms with Crippen LogP contribution in [0.3, 0.4) is 0 Å². The van der Waals surface area contributed by atoms with Gasteiger partial charge in [0.05, 0.1) is 0 Å². The normalized spacial score (nSPS) is 15.9. The van der Waals surface area contributed by atoms with Crippen molar-refractivity contribution >= 4 is 56.4 Å². The molecule has 0 amide bonds. The quantitative estimate of drug-likeness (QED) is 0.105. The third-order valence-corrected chi connectivity index (χ3v) is 14.2. The Morgan fingerprint density at radius 1 is 0.529 bits per heavy atom. The van der Waals surface area contributed by atoms with Crippen LogP contribution >= 0.6 is 11.3 Å². The van der Waals surface area contributed by atoms with Gasteiger partial charge in [0.25, 0.3) is 0 Å². The zero-order chi connectivity index (χ0) is 48.7. The lowest BCUT2D eigenvalue weighted by molar-refractivity contribution is 0.816. The number of hydrogen-bond acceptors (Lipinski definition) is 1. The molecule has 1 heterocycles. The van der Waals surface area contributed by atoms with Crippen LogP contribution in [0.1, 0.15) is 114 Å². The Balaban J connectivity index is 0.000000541. The summed E-state index contributed by atoms with van der Waals surface area (Å²) in [6.45, 7) is 12.4. The van der Waals surface area contributed by atoms with E-state index < -0.39 is 0 Å². The van der Waals surface area contributed by atoms with Gasteiger partial charge in [-0.1, -0.05) is 265 Å². The van der Waals surface area contributed by atoms with E-state index in [0.29, 0.717) is 0 Å². The Morgan fingerprint density at radius 3 is 1.83 bits per heavy atom. The number of aryl methyl sites for hydroxylation is 1. The summed E-state index contributed by atoms with van der Waals surface area (Å²) in [7, 11) is 0. The number of allylic oxidation sites excluding steroid dienone is 11. The summed E-state index contributed by atoms with van der Waals surface area (Å²) in [5, 5.41) is 1.29. The number of thiophene rings is 1. The Bertz CT molecular complexity index is 3260. The Kier molecular flexibility index (Phi) is 17.0. The van der Waals surface area contributed by atoms with E-state index in [2.05, 4.69) is 226 Å².